The highest BCUT2D eigenvalue weighted by Crippen LogP contribution is 2.23. The van der Waals surface area contributed by atoms with Gasteiger partial charge in [-0.05, 0) is 41.7 Å². The van der Waals surface area contributed by atoms with Crippen LogP contribution in [0.2, 0.25) is 5.02 Å². The van der Waals surface area contributed by atoms with Gasteiger partial charge in [-0.1, -0.05) is 55.8 Å². The molecule has 1 amide bonds. The number of carbonyl (C=O) groups is 1. The quantitative estimate of drug-likeness (QED) is 0.425. The fourth-order valence-corrected chi connectivity index (χ4v) is 2.62. The Labute approximate surface area is 159 Å². The minimum Gasteiger partial charge on any atom is -0.389 e. The third kappa shape index (κ3) is 5.65. The van der Waals surface area contributed by atoms with Crippen LogP contribution in [0.4, 0.5) is 5.69 Å². The Balaban J connectivity index is 1.95. The second kappa shape index (κ2) is 9.65. The lowest BCUT2D eigenvalue weighted by Crippen LogP contribution is -2.18. The molecule has 2 N–H and O–H groups in total. The molecule has 0 unspecified atom stereocenters. The number of rotatable bonds is 7. The van der Waals surface area contributed by atoms with Crippen molar-refractivity contribution in [3.8, 4) is 6.07 Å². The molecule has 2 aromatic rings. The van der Waals surface area contributed by atoms with E-state index >= 15 is 0 Å². The van der Waals surface area contributed by atoms with E-state index in [1.54, 1.807) is 0 Å². The van der Waals surface area contributed by atoms with Crippen LogP contribution in [0, 0.1) is 11.3 Å². The number of nitrogens with one attached hydrogen (secondary N) is 2. The molecule has 2 rings (SSSR count). The average molecular weight is 368 g/mol. The second-order valence-corrected chi connectivity index (χ2v) is 6.63. The van der Waals surface area contributed by atoms with Gasteiger partial charge in [0.25, 0.3) is 5.91 Å². The number of carbonyl (C=O) groups excluding carboxylic acids is 1. The van der Waals surface area contributed by atoms with Crippen molar-refractivity contribution in [1.29, 1.82) is 5.26 Å². The summed E-state index contributed by atoms with van der Waals surface area (Å²) in [5.41, 5.74) is 2.94. The molecule has 0 saturated carbocycles. The Hall–Kier alpha value is -2.77. The van der Waals surface area contributed by atoms with E-state index in [9.17, 15) is 10.1 Å². The Morgan fingerprint density at radius 2 is 1.88 bits per heavy atom. The van der Waals surface area contributed by atoms with Gasteiger partial charge in [0.1, 0.15) is 11.6 Å². The summed E-state index contributed by atoms with van der Waals surface area (Å²) in [6.07, 6.45) is 2.23. The number of amides is 1. The summed E-state index contributed by atoms with van der Waals surface area (Å²) in [5, 5.41) is 15.8. The lowest BCUT2D eigenvalue weighted by Gasteiger charge is -2.13. The number of para-hydroxylation sites is 1. The highest BCUT2D eigenvalue weighted by Gasteiger charge is 2.12. The van der Waals surface area contributed by atoms with Gasteiger partial charge >= 0.3 is 0 Å². The van der Waals surface area contributed by atoms with Crippen LogP contribution in [0.25, 0.3) is 0 Å². The molecule has 26 heavy (non-hydrogen) atoms. The standard InChI is InChI=1S/C21H22ClN3O/c1-15(2)19-5-3-4-6-20(19)25-21(26)17(13-23)14-24-12-11-16-7-9-18(22)10-8-16/h3-10,14-15,24H,11-12H2,1-2H3,(H,25,26)/b17-14-. The van der Waals surface area contributed by atoms with Crippen molar-refractivity contribution < 1.29 is 4.79 Å². The molecule has 5 heteroatoms. The molecular formula is C21H22ClN3O. The van der Waals surface area contributed by atoms with Crippen molar-refractivity contribution in [3.05, 3.63) is 76.5 Å². The van der Waals surface area contributed by atoms with Crippen molar-refractivity contribution in [2.24, 2.45) is 0 Å². The average Bonchev–Trinajstić information content (AvgIpc) is 2.63. The fraction of sp³-hybridized carbons (Fsp3) is 0.238. The van der Waals surface area contributed by atoms with Crippen LogP contribution in [0.15, 0.2) is 60.3 Å². The van der Waals surface area contributed by atoms with Crippen LogP contribution < -0.4 is 10.6 Å². The highest BCUT2D eigenvalue weighted by atomic mass is 35.5. The summed E-state index contributed by atoms with van der Waals surface area (Å²) in [4.78, 5) is 12.4. The second-order valence-electron chi connectivity index (χ2n) is 6.20. The monoisotopic (exact) mass is 367 g/mol. The number of hydrogen-bond donors (Lipinski definition) is 2. The third-order valence-electron chi connectivity index (χ3n) is 3.91. The Morgan fingerprint density at radius 3 is 2.54 bits per heavy atom. The SMILES string of the molecule is CC(C)c1ccccc1NC(=O)/C(C#N)=C\NCCc1ccc(Cl)cc1. The summed E-state index contributed by atoms with van der Waals surface area (Å²) < 4.78 is 0. The number of anilines is 1. The molecule has 0 saturated heterocycles. The van der Waals surface area contributed by atoms with E-state index in [2.05, 4.69) is 24.5 Å². The van der Waals surface area contributed by atoms with Gasteiger partial charge in [0.15, 0.2) is 0 Å². The number of benzene rings is 2. The van der Waals surface area contributed by atoms with E-state index < -0.39 is 5.91 Å². The van der Waals surface area contributed by atoms with E-state index in [1.165, 1.54) is 6.20 Å². The molecular weight excluding hydrogens is 346 g/mol. The number of hydrogen-bond acceptors (Lipinski definition) is 3. The smallest absolute Gasteiger partial charge is 0.267 e. The first-order chi connectivity index (χ1) is 12.5. The maximum atomic E-state index is 12.4. The number of nitriles is 1. The van der Waals surface area contributed by atoms with Crippen molar-refractivity contribution >= 4 is 23.2 Å². The molecule has 0 heterocycles. The molecule has 0 atom stereocenters. The predicted octanol–water partition coefficient (Wildman–Crippen LogP) is 4.64. The van der Waals surface area contributed by atoms with E-state index in [1.807, 2.05) is 54.6 Å². The van der Waals surface area contributed by atoms with E-state index in [0.29, 0.717) is 11.6 Å². The normalized spacial score (nSPS) is 11.1. The zero-order chi connectivity index (χ0) is 18.9. The van der Waals surface area contributed by atoms with Gasteiger partial charge in [0.05, 0.1) is 0 Å². The van der Waals surface area contributed by atoms with E-state index in [0.717, 1.165) is 23.2 Å². The minimum atomic E-state index is -0.417. The molecule has 0 radical (unpaired) electrons. The molecule has 4 nitrogen and oxygen atoms in total. The summed E-state index contributed by atoms with van der Waals surface area (Å²) in [6.45, 7) is 4.73. The Morgan fingerprint density at radius 1 is 1.19 bits per heavy atom. The van der Waals surface area contributed by atoms with Gasteiger partial charge in [0.2, 0.25) is 0 Å². The molecule has 2 aromatic carbocycles. The van der Waals surface area contributed by atoms with Gasteiger partial charge < -0.3 is 10.6 Å². The molecule has 0 aliphatic heterocycles. The van der Waals surface area contributed by atoms with Gasteiger partial charge in [0, 0.05) is 23.5 Å². The Kier molecular flexibility index (Phi) is 7.25. The van der Waals surface area contributed by atoms with Crippen molar-refractivity contribution in [2.75, 3.05) is 11.9 Å². The van der Waals surface area contributed by atoms with Crippen molar-refractivity contribution in [1.82, 2.24) is 5.32 Å². The fourth-order valence-electron chi connectivity index (χ4n) is 2.49. The first kappa shape index (κ1) is 19.6. The molecule has 0 aliphatic carbocycles. The molecule has 0 bridgehead atoms. The summed E-state index contributed by atoms with van der Waals surface area (Å²) >= 11 is 5.86. The molecule has 0 spiro atoms. The first-order valence-electron chi connectivity index (χ1n) is 8.49. The van der Waals surface area contributed by atoms with Crippen LogP contribution in [-0.4, -0.2) is 12.5 Å². The molecule has 0 fully saturated rings. The minimum absolute atomic E-state index is 0.0414. The predicted molar refractivity (Wildman–Crippen MR) is 106 cm³/mol. The van der Waals surface area contributed by atoms with Crippen molar-refractivity contribution in [3.63, 3.8) is 0 Å². The highest BCUT2D eigenvalue weighted by molar-refractivity contribution is 6.30. The molecule has 0 aromatic heterocycles. The third-order valence-corrected chi connectivity index (χ3v) is 4.17. The van der Waals surface area contributed by atoms with Gasteiger partial charge in [-0.15, -0.1) is 0 Å². The van der Waals surface area contributed by atoms with Crippen LogP contribution in [-0.2, 0) is 11.2 Å². The Bertz CT molecular complexity index is 820. The van der Waals surface area contributed by atoms with E-state index in [-0.39, 0.29) is 11.5 Å². The van der Waals surface area contributed by atoms with Gasteiger partial charge in [-0.3, -0.25) is 4.79 Å². The molecule has 134 valence electrons. The summed E-state index contributed by atoms with van der Waals surface area (Å²) in [6, 6.07) is 17.1. The molecule has 0 aliphatic rings. The topological polar surface area (TPSA) is 64.9 Å². The maximum Gasteiger partial charge on any atom is 0.267 e. The zero-order valence-electron chi connectivity index (χ0n) is 14.9. The summed E-state index contributed by atoms with van der Waals surface area (Å²) in [5.74, 6) is -0.141. The van der Waals surface area contributed by atoms with Crippen molar-refractivity contribution in [2.45, 2.75) is 26.2 Å². The van der Waals surface area contributed by atoms with Crippen LogP contribution in [0.5, 0.6) is 0 Å². The lowest BCUT2D eigenvalue weighted by molar-refractivity contribution is -0.112. The van der Waals surface area contributed by atoms with Crippen LogP contribution in [0.1, 0.15) is 30.9 Å². The first-order valence-corrected chi connectivity index (χ1v) is 8.87. The van der Waals surface area contributed by atoms with Gasteiger partial charge in [-0.2, -0.15) is 5.26 Å². The number of halogens is 1. The van der Waals surface area contributed by atoms with Crippen LogP contribution in [0.3, 0.4) is 0 Å². The number of nitrogens with zero attached hydrogens (tertiary/aromatic N) is 1. The van der Waals surface area contributed by atoms with Gasteiger partial charge in [-0.25, -0.2) is 0 Å². The largest absolute Gasteiger partial charge is 0.389 e. The maximum absolute atomic E-state index is 12.4. The van der Waals surface area contributed by atoms with E-state index in [4.69, 9.17) is 11.6 Å². The zero-order valence-corrected chi connectivity index (χ0v) is 15.7. The lowest BCUT2D eigenvalue weighted by atomic mass is 10.0. The summed E-state index contributed by atoms with van der Waals surface area (Å²) in [7, 11) is 0. The van der Waals surface area contributed by atoms with Crippen LogP contribution >= 0.6 is 11.6 Å².